The average molecular weight is 255 g/mol. The summed E-state index contributed by atoms with van der Waals surface area (Å²) in [6.45, 7) is 6.07. The third-order valence-electron chi connectivity index (χ3n) is 3.10. The minimum atomic E-state index is -3.08. The van der Waals surface area contributed by atoms with Crippen molar-refractivity contribution >= 4 is 9.84 Å². The van der Waals surface area contributed by atoms with Gasteiger partial charge in [0.05, 0.1) is 11.0 Å². The molecule has 96 valence electrons. The minimum absolute atomic E-state index is 0.0974. The second-order valence-electron chi connectivity index (χ2n) is 4.78. The first-order valence-electron chi connectivity index (χ1n) is 5.86. The molecule has 0 aromatic heterocycles. The molecule has 0 aliphatic heterocycles. The van der Waals surface area contributed by atoms with Crippen molar-refractivity contribution < 1.29 is 8.42 Å². The molecule has 0 bridgehead atoms. The molecule has 1 aromatic rings. The normalized spacial score (nSPS) is 13.9. The highest BCUT2D eigenvalue weighted by atomic mass is 32.2. The van der Waals surface area contributed by atoms with Crippen molar-refractivity contribution in [3.63, 3.8) is 0 Å². The van der Waals surface area contributed by atoms with Crippen molar-refractivity contribution in [1.29, 1.82) is 0 Å². The van der Waals surface area contributed by atoms with Crippen molar-refractivity contribution in [3.8, 4) is 0 Å². The van der Waals surface area contributed by atoms with Crippen molar-refractivity contribution in [1.82, 2.24) is 0 Å². The third-order valence-corrected chi connectivity index (χ3v) is 5.51. The second kappa shape index (κ2) is 5.65. The van der Waals surface area contributed by atoms with Crippen LogP contribution in [0.1, 0.15) is 31.9 Å². The van der Waals surface area contributed by atoms with Gasteiger partial charge >= 0.3 is 0 Å². The van der Waals surface area contributed by atoms with Gasteiger partial charge in [0, 0.05) is 6.54 Å². The summed E-state index contributed by atoms with van der Waals surface area (Å²) in [5, 5.41) is -0.316. The van der Waals surface area contributed by atoms with Crippen molar-refractivity contribution in [3.05, 3.63) is 35.4 Å². The Morgan fingerprint density at radius 1 is 1.18 bits per heavy atom. The summed E-state index contributed by atoms with van der Waals surface area (Å²) in [6.07, 6.45) is 0. The van der Waals surface area contributed by atoms with Gasteiger partial charge in [0.25, 0.3) is 0 Å². The molecule has 0 radical (unpaired) electrons. The monoisotopic (exact) mass is 255 g/mol. The van der Waals surface area contributed by atoms with Gasteiger partial charge in [0.2, 0.25) is 0 Å². The molecule has 4 heteroatoms. The highest BCUT2D eigenvalue weighted by Gasteiger charge is 2.24. The van der Waals surface area contributed by atoms with Crippen LogP contribution < -0.4 is 5.73 Å². The lowest BCUT2D eigenvalue weighted by molar-refractivity contribution is 0.545. The molecular formula is C13H21NO2S. The summed E-state index contributed by atoms with van der Waals surface area (Å²) in [7, 11) is -3.08. The number of rotatable bonds is 5. The number of hydrogen-bond acceptors (Lipinski definition) is 3. The van der Waals surface area contributed by atoms with Crippen LogP contribution in [-0.4, -0.2) is 13.7 Å². The van der Waals surface area contributed by atoms with Crippen LogP contribution >= 0.6 is 0 Å². The van der Waals surface area contributed by atoms with E-state index in [1.165, 1.54) is 0 Å². The molecule has 17 heavy (non-hydrogen) atoms. The number of nitrogens with two attached hydrogens (primary N) is 1. The van der Waals surface area contributed by atoms with E-state index in [1.54, 1.807) is 6.92 Å². The summed E-state index contributed by atoms with van der Waals surface area (Å²) in [6, 6.07) is 7.46. The van der Waals surface area contributed by atoms with Crippen molar-refractivity contribution in [2.24, 2.45) is 11.7 Å². The first kappa shape index (κ1) is 14.2. The van der Waals surface area contributed by atoms with E-state index in [0.29, 0.717) is 6.54 Å². The van der Waals surface area contributed by atoms with E-state index in [9.17, 15) is 8.42 Å². The molecular weight excluding hydrogens is 234 g/mol. The van der Waals surface area contributed by atoms with Crippen LogP contribution in [0, 0.1) is 5.92 Å². The van der Waals surface area contributed by atoms with Crippen LogP contribution in [0.3, 0.4) is 0 Å². The summed E-state index contributed by atoms with van der Waals surface area (Å²) in [4.78, 5) is 0. The molecule has 0 aliphatic carbocycles. The molecule has 1 aromatic carbocycles. The van der Waals surface area contributed by atoms with Gasteiger partial charge in [-0.15, -0.1) is 0 Å². The van der Waals surface area contributed by atoms with E-state index < -0.39 is 9.84 Å². The first-order valence-corrected chi connectivity index (χ1v) is 7.58. The Balaban J connectivity index is 2.90. The molecule has 0 saturated heterocycles. The molecule has 1 rings (SSSR count). The van der Waals surface area contributed by atoms with Crippen LogP contribution in [-0.2, 0) is 22.1 Å². The van der Waals surface area contributed by atoms with Gasteiger partial charge in [0.15, 0.2) is 9.84 Å². The second-order valence-corrected chi connectivity index (χ2v) is 7.14. The predicted molar refractivity (Wildman–Crippen MR) is 71.3 cm³/mol. The summed E-state index contributed by atoms with van der Waals surface area (Å²) in [5.74, 6) is 0.234. The van der Waals surface area contributed by atoms with E-state index in [4.69, 9.17) is 5.73 Å². The van der Waals surface area contributed by atoms with Crippen LogP contribution in [0.4, 0.5) is 0 Å². The summed E-state index contributed by atoms with van der Waals surface area (Å²) >= 11 is 0. The lowest BCUT2D eigenvalue weighted by atomic mass is 10.1. The Morgan fingerprint density at radius 2 is 1.76 bits per heavy atom. The van der Waals surface area contributed by atoms with E-state index >= 15 is 0 Å². The quantitative estimate of drug-likeness (QED) is 0.876. The fourth-order valence-corrected chi connectivity index (χ4v) is 3.36. The van der Waals surface area contributed by atoms with Gasteiger partial charge < -0.3 is 5.73 Å². The van der Waals surface area contributed by atoms with E-state index in [2.05, 4.69) is 0 Å². The standard InChI is InChI=1S/C13H21NO2S/c1-10(2)11(3)17(15,16)9-13-6-4-5-12(7-13)8-14/h4-7,10-11H,8-9,14H2,1-3H3. The summed E-state index contributed by atoms with van der Waals surface area (Å²) in [5.41, 5.74) is 7.33. The highest BCUT2D eigenvalue weighted by molar-refractivity contribution is 7.91. The van der Waals surface area contributed by atoms with Gasteiger partial charge in [0.1, 0.15) is 0 Å². The molecule has 0 spiro atoms. The molecule has 1 unspecified atom stereocenters. The van der Waals surface area contributed by atoms with Crippen molar-refractivity contribution in [2.75, 3.05) is 0 Å². The maximum Gasteiger partial charge on any atom is 0.157 e. The lowest BCUT2D eigenvalue weighted by Crippen LogP contribution is -2.24. The maximum atomic E-state index is 12.1. The predicted octanol–water partition coefficient (Wildman–Crippen LogP) is 2.10. The number of hydrogen-bond donors (Lipinski definition) is 1. The Labute approximate surface area is 104 Å². The maximum absolute atomic E-state index is 12.1. The van der Waals surface area contributed by atoms with Crippen molar-refractivity contribution in [2.45, 2.75) is 38.3 Å². The molecule has 0 saturated carbocycles. The van der Waals surface area contributed by atoms with E-state index in [0.717, 1.165) is 11.1 Å². The molecule has 0 aliphatic rings. The number of benzene rings is 1. The molecule has 0 heterocycles. The van der Waals surface area contributed by atoms with Gasteiger partial charge in [-0.1, -0.05) is 38.1 Å². The zero-order valence-electron chi connectivity index (χ0n) is 10.7. The molecule has 0 fully saturated rings. The van der Waals surface area contributed by atoms with Gasteiger partial charge in [-0.2, -0.15) is 0 Å². The topological polar surface area (TPSA) is 60.2 Å². The van der Waals surface area contributed by atoms with Crippen LogP contribution in [0.15, 0.2) is 24.3 Å². The van der Waals surface area contributed by atoms with Crippen LogP contribution in [0.2, 0.25) is 0 Å². The fourth-order valence-electron chi connectivity index (χ4n) is 1.62. The minimum Gasteiger partial charge on any atom is -0.326 e. The summed E-state index contributed by atoms with van der Waals surface area (Å²) < 4.78 is 24.2. The Hall–Kier alpha value is -0.870. The van der Waals surface area contributed by atoms with E-state index in [1.807, 2.05) is 38.1 Å². The third kappa shape index (κ3) is 3.82. The largest absolute Gasteiger partial charge is 0.326 e. The van der Waals surface area contributed by atoms with Crippen LogP contribution in [0.25, 0.3) is 0 Å². The van der Waals surface area contributed by atoms with Gasteiger partial charge in [-0.25, -0.2) is 8.42 Å². The molecule has 3 nitrogen and oxygen atoms in total. The average Bonchev–Trinajstić information content (AvgIpc) is 2.27. The lowest BCUT2D eigenvalue weighted by Gasteiger charge is -2.16. The van der Waals surface area contributed by atoms with Gasteiger partial charge in [-0.3, -0.25) is 0 Å². The molecule has 0 amide bonds. The SMILES string of the molecule is CC(C)C(C)S(=O)(=O)Cc1cccc(CN)c1. The smallest absolute Gasteiger partial charge is 0.157 e. The number of sulfone groups is 1. The molecule has 2 N–H and O–H groups in total. The Bertz CT molecular complexity index is 466. The fraction of sp³-hybridized carbons (Fsp3) is 0.538. The molecule has 1 atom stereocenters. The highest BCUT2D eigenvalue weighted by Crippen LogP contribution is 2.17. The van der Waals surface area contributed by atoms with Crippen LogP contribution in [0.5, 0.6) is 0 Å². The Morgan fingerprint density at radius 3 is 2.29 bits per heavy atom. The Kier molecular flexibility index (Phi) is 4.71. The zero-order valence-corrected chi connectivity index (χ0v) is 11.5. The van der Waals surface area contributed by atoms with Gasteiger partial charge in [-0.05, 0) is 24.0 Å². The first-order chi connectivity index (χ1) is 7.86. The van der Waals surface area contributed by atoms with E-state index in [-0.39, 0.29) is 16.9 Å². The zero-order chi connectivity index (χ0) is 13.1.